The molecule has 0 spiro atoms. The lowest BCUT2D eigenvalue weighted by molar-refractivity contribution is -0.144. The van der Waals surface area contributed by atoms with Crippen molar-refractivity contribution in [3.63, 3.8) is 0 Å². The normalized spacial score (nSPS) is 18.2. The van der Waals surface area contributed by atoms with Gasteiger partial charge in [-0.15, -0.1) is 0 Å². The molecule has 3 amide bonds. The average Bonchev–Trinajstić information content (AvgIpc) is 2.96. The zero-order valence-electron chi connectivity index (χ0n) is 11.4. The summed E-state index contributed by atoms with van der Waals surface area (Å²) >= 11 is 0. The maximum absolute atomic E-state index is 12.0. The number of carbonyl (C=O) groups excluding carboxylic acids is 2. The van der Waals surface area contributed by atoms with Crippen molar-refractivity contribution in [3.8, 4) is 0 Å². The van der Waals surface area contributed by atoms with E-state index < -0.39 is 18.0 Å². The lowest BCUT2D eigenvalue weighted by atomic mass is 10.2. The van der Waals surface area contributed by atoms with Gasteiger partial charge in [-0.1, -0.05) is 0 Å². The van der Waals surface area contributed by atoms with Crippen LogP contribution < -0.4 is 10.6 Å². The van der Waals surface area contributed by atoms with Crippen LogP contribution >= 0.6 is 0 Å². The van der Waals surface area contributed by atoms with Crippen molar-refractivity contribution in [2.24, 2.45) is 0 Å². The minimum atomic E-state index is -1.14. The molecule has 2 heterocycles. The molecule has 1 atom stereocenters. The molecule has 9 nitrogen and oxygen atoms in total. The Morgan fingerprint density at radius 3 is 3.00 bits per heavy atom. The Morgan fingerprint density at radius 2 is 2.33 bits per heavy atom. The zero-order valence-corrected chi connectivity index (χ0v) is 11.4. The highest BCUT2D eigenvalue weighted by atomic mass is 16.4. The number of piperazine rings is 1. The SMILES string of the molecule is O=C1CN(C(=O)NCCCn2cccn2)C(C(=O)O)CN1. The van der Waals surface area contributed by atoms with E-state index in [4.69, 9.17) is 5.11 Å². The highest BCUT2D eigenvalue weighted by molar-refractivity contribution is 5.90. The number of aryl methyl sites for hydroxylation is 1. The van der Waals surface area contributed by atoms with Crippen molar-refractivity contribution >= 4 is 17.9 Å². The van der Waals surface area contributed by atoms with E-state index in [9.17, 15) is 14.4 Å². The van der Waals surface area contributed by atoms with Gasteiger partial charge in [0.05, 0.1) is 0 Å². The largest absolute Gasteiger partial charge is 0.480 e. The number of nitrogens with zero attached hydrogens (tertiary/aromatic N) is 3. The summed E-state index contributed by atoms with van der Waals surface area (Å²) in [6.07, 6.45) is 4.14. The molecule has 0 aliphatic carbocycles. The van der Waals surface area contributed by atoms with E-state index in [1.807, 2.05) is 12.3 Å². The Kier molecular flexibility index (Phi) is 4.75. The van der Waals surface area contributed by atoms with Crippen LogP contribution in [0.4, 0.5) is 4.79 Å². The van der Waals surface area contributed by atoms with E-state index in [0.29, 0.717) is 19.5 Å². The van der Waals surface area contributed by atoms with Crippen LogP contribution in [0.1, 0.15) is 6.42 Å². The summed E-state index contributed by atoms with van der Waals surface area (Å²) in [5, 5.41) is 18.1. The smallest absolute Gasteiger partial charge is 0.328 e. The summed E-state index contributed by atoms with van der Waals surface area (Å²) in [6, 6.07) is 0.231. The minimum Gasteiger partial charge on any atom is -0.480 e. The molecule has 1 aromatic rings. The number of aromatic nitrogens is 2. The third-order valence-electron chi connectivity index (χ3n) is 3.13. The molecule has 1 fully saturated rings. The summed E-state index contributed by atoms with van der Waals surface area (Å²) in [5.74, 6) is -1.50. The Labute approximate surface area is 120 Å². The number of carboxylic acid groups (broad SMARTS) is 1. The van der Waals surface area contributed by atoms with Gasteiger partial charge in [0, 0.05) is 32.0 Å². The van der Waals surface area contributed by atoms with Gasteiger partial charge >= 0.3 is 12.0 Å². The number of nitrogens with one attached hydrogen (secondary N) is 2. The van der Waals surface area contributed by atoms with E-state index in [1.165, 1.54) is 0 Å². The Balaban J connectivity index is 1.80. The number of carbonyl (C=O) groups is 3. The highest BCUT2D eigenvalue weighted by Crippen LogP contribution is 2.05. The summed E-state index contributed by atoms with van der Waals surface area (Å²) in [7, 11) is 0. The summed E-state index contributed by atoms with van der Waals surface area (Å²) < 4.78 is 1.74. The van der Waals surface area contributed by atoms with Gasteiger partial charge in [0.25, 0.3) is 0 Å². The van der Waals surface area contributed by atoms with Crippen LogP contribution in [0.5, 0.6) is 0 Å². The molecule has 0 radical (unpaired) electrons. The lowest BCUT2D eigenvalue weighted by Crippen LogP contribution is -2.61. The third kappa shape index (κ3) is 3.94. The maximum atomic E-state index is 12.0. The predicted octanol–water partition coefficient (Wildman–Crippen LogP) is -1.13. The summed E-state index contributed by atoms with van der Waals surface area (Å²) in [6.45, 7) is 0.704. The van der Waals surface area contributed by atoms with Crippen molar-refractivity contribution in [2.75, 3.05) is 19.6 Å². The molecular formula is C12H17N5O4. The first-order valence-electron chi connectivity index (χ1n) is 6.59. The molecule has 0 bridgehead atoms. The molecule has 3 N–H and O–H groups in total. The number of carboxylic acids is 1. The van der Waals surface area contributed by atoms with Crippen molar-refractivity contribution in [3.05, 3.63) is 18.5 Å². The molecule has 1 aromatic heterocycles. The van der Waals surface area contributed by atoms with Crippen molar-refractivity contribution in [2.45, 2.75) is 19.0 Å². The molecular weight excluding hydrogens is 278 g/mol. The molecule has 0 aromatic carbocycles. The van der Waals surface area contributed by atoms with Gasteiger partial charge in [-0.2, -0.15) is 5.10 Å². The summed E-state index contributed by atoms with van der Waals surface area (Å²) in [4.78, 5) is 35.4. The molecule has 1 saturated heterocycles. The lowest BCUT2D eigenvalue weighted by Gasteiger charge is -2.32. The molecule has 1 aliphatic heterocycles. The van der Waals surface area contributed by atoms with Crippen molar-refractivity contribution < 1.29 is 19.5 Å². The van der Waals surface area contributed by atoms with Gasteiger partial charge in [0.15, 0.2) is 0 Å². The van der Waals surface area contributed by atoms with Crippen molar-refractivity contribution in [1.82, 2.24) is 25.3 Å². The number of hydrogen-bond acceptors (Lipinski definition) is 4. The molecule has 9 heteroatoms. The number of hydrogen-bond donors (Lipinski definition) is 3. The fourth-order valence-electron chi connectivity index (χ4n) is 2.05. The first-order chi connectivity index (χ1) is 10.1. The Hall–Kier alpha value is -2.58. The molecule has 0 saturated carbocycles. The number of amides is 3. The second-order valence-corrected chi connectivity index (χ2v) is 4.64. The monoisotopic (exact) mass is 295 g/mol. The van der Waals surface area contributed by atoms with Crippen LogP contribution in [0, 0.1) is 0 Å². The van der Waals surface area contributed by atoms with Crippen LogP contribution in [0.2, 0.25) is 0 Å². The predicted molar refractivity (Wildman–Crippen MR) is 71.4 cm³/mol. The minimum absolute atomic E-state index is 0.0745. The maximum Gasteiger partial charge on any atom is 0.328 e. The standard InChI is InChI=1S/C12H17N5O4/c18-10-8-17(9(7-14-10)11(19)20)12(21)13-3-1-5-16-6-2-4-15-16/h2,4,6,9H,1,3,5,7-8H2,(H,13,21)(H,14,18)(H,19,20). The Bertz CT molecular complexity index is 516. The van der Waals surface area contributed by atoms with Gasteiger partial charge in [0.2, 0.25) is 5.91 Å². The fraction of sp³-hybridized carbons (Fsp3) is 0.500. The number of aliphatic carboxylic acids is 1. The first-order valence-corrected chi connectivity index (χ1v) is 6.59. The van der Waals surface area contributed by atoms with E-state index in [-0.39, 0.29) is 19.0 Å². The van der Waals surface area contributed by atoms with Crippen molar-refractivity contribution in [1.29, 1.82) is 0 Å². The quantitative estimate of drug-likeness (QED) is 0.594. The van der Waals surface area contributed by atoms with Gasteiger partial charge in [-0.3, -0.25) is 14.4 Å². The van der Waals surface area contributed by atoms with Crippen LogP contribution in [0.25, 0.3) is 0 Å². The Morgan fingerprint density at radius 1 is 1.52 bits per heavy atom. The first kappa shape index (κ1) is 14.8. The van der Waals surface area contributed by atoms with E-state index in [1.54, 1.807) is 10.9 Å². The molecule has 21 heavy (non-hydrogen) atoms. The van der Waals surface area contributed by atoms with E-state index in [0.717, 1.165) is 4.90 Å². The molecule has 2 rings (SSSR count). The third-order valence-corrected chi connectivity index (χ3v) is 3.13. The molecule has 114 valence electrons. The second-order valence-electron chi connectivity index (χ2n) is 4.64. The van der Waals surface area contributed by atoms with Crippen LogP contribution in [-0.4, -0.2) is 63.4 Å². The second kappa shape index (κ2) is 6.73. The van der Waals surface area contributed by atoms with Gasteiger partial charge < -0.3 is 15.7 Å². The highest BCUT2D eigenvalue weighted by Gasteiger charge is 2.34. The average molecular weight is 295 g/mol. The van der Waals surface area contributed by atoms with Gasteiger partial charge in [-0.05, 0) is 12.5 Å². The van der Waals surface area contributed by atoms with Crippen LogP contribution in [-0.2, 0) is 16.1 Å². The molecule has 1 unspecified atom stereocenters. The van der Waals surface area contributed by atoms with E-state index >= 15 is 0 Å². The number of rotatable bonds is 5. The van der Waals surface area contributed by atoms with Gasteiger partial charge in [0.1, 0.15) is 12.6 Å². The number of urea groups is 1. The molecule has 1 aliphatic rings. The van der Waals surface area contributed by atoms with Crippen LogP contribution in [0.3, 0.4) is 0 Å². The zero-order chi connectivity index (χ0) is 15.2. The van der Waals surface area contributed by atoms with Crippen LogP contribution in [0.15, 0.2) is 18.5 Å². The summed E-state index contributed by atoms with van der Waals surface area (Å²) in [5.41, 5.74) is 0. The van der Waals surface area contributed by atoms with E-state index in [2.05, 4.69) is 15.7 Å². The fourth-order valence-corrected chi connectivity index (χ4v) is 2.05. The topological polar surface area (TPSA) is 117 Å². The van der Waals surface area contributed by atoms with Gasteiger partial charge in [-0.25, -0.2) is 9.59 Å².